The van der Waals surface area contributed by atoms with E-state index in [0.717, 1.165) is 0 Å². The molecule has 0 aromatic heterocycles. The summed E-state index contributed by atoms with van der Waals surface area (Å²) in [6.07, 6.45) is -0.891. The largest absolute Gasteiger partial charge is 0.444 e. The molecule has 0 spiro atoms. The van der Waals surface area contributed by atoms with Crippen LogP contribution in [0.1, 0.15) is 31.7 Å². The Morgan fingerprint density at radius 2 is 1.54 bits per heavy atom. The Bertz CT molecular complexity index is 873. The molecule has 1 unspecified atom stereocenters. The lowest BCUT2D eigenvalue weighted by Gasteiger charge is -2.25. The van der Waals surface area contributed by atoms with Crippen molar-refractivity contribution < 1.29 is 17.9 Å². The number of amides is 1. The van der Waals surface area contributed by atoms with Crippen molar-refractivity contribution in [3.63, 3.8) is 0 Å². The van der Waals surface area contributed by atoms with Crippen molar-refractivity contribution in [2.45, 2.75) is 36.6 Å². The summed E-state index contributed by atoms with van der Waals surface area (Å²) in [6, 6.07) is 12.3. The fourth-order valence-corrected chi connectivity index (χ4v) is 4.60. The third-order valence-electron chi connectivity index (χ3n) is 3.29. The van der Waals surface area contributed by atoms with Gasteiger partial charge in [0.1, 0.15) is 5.60 Å². The number of ether oxygens (including phenoxy) is 1. The highest BCUT2D eigenvalue weighted by Crippen LogP contribution is 2.36. The predicted molar refractivity (Wildman–Crippen MR) is 102 cm³/mol. The van der Waals surface area contributed by atoms with Gasteiger partial charge in [-0.25, -0.2) is 13.2 Å². The minimum absolute atomic E-state index is 0.0250. The Morgan fingerprint density at radius 1 is 1.00 bits per heavy atom. The summed E-state index contributed by atoms with van der Waals surface area (Å²) in [5, 5.41) is 1.14. The van der Waals surface area contributed by atoms with Gasteiger partial charge in [-0.15, -0.1) is 0 Å². The van der Waals surface area contributed by atoms with Crippen molar-refractivity contribution in [2.24, 2.45) is 0 Å². The van der Waals surface area contributed by atoms with E-state index in [1.807, 2.05) is 0 Å². The molecule has 0 aliphatic carbocycles. The van der Waals surface area contributed by atoms with Gasteiger partial charge in [-0.1, -0.05) is 47.5 Å². The molecule has 0 aliphatic rings. The third kappa shape index (κ3) is 4.90. The molecule has 0 saturated carbocycles. The van der Waals surface area contributed by atoms with E-state index in [1.54, 1.807) is 45.0 Å². The van der Waals surface area contributed by atoms with E-state index in [9.17, 15) is 13.2 Å². The van der Waals surface area contributed by atoms with Gasteiger partial charge in [0, 0.05) is 15.6 Å². The number of halogens is 2. The fraction of sp³-hybridized carbons (Fsp3) is 0.278. The molecule has 26 heavy (non-hydrogen) atoms. The second-order valence-corrected chi connectivity index (χ2v) is 9.37. The molecule has 0 heterocycles. The molecule has 0 aliphatic heterocycles. The quantitative estimate of drug-likeness (QED) is 0.762. The molecule has 1 N–H and O–H groups in total. The zero-order chi connectivity index (χ0) is 19.5. The van der Waals surface area contributed by atoms with Crippen LogP contribution in [0.15, 0.2) is 53.4 Å². The van der Waals surface area contributed by atoms with Crippen molar-refractivity contribution >= 4 is 39.1 Å². The highest BCUT2D eigenvalue weighted by molar-refractivity contribution is 7.91. The summed E-state index contributed by atoms with van der Waals surface area (Å²) >= 11 is 12.4. The van der Waals surface area contributed by atoms with Gasteiger partial charge >= 0.3 is 6.09 Å². The van der Waals surface area contributed by atoms with E-state index in [0.29, 0.717) is 0 Å². The van der Waals surface area contributed by atoms with Gasteiger partial charge in [-0.2, -0.15) is 0 Å². The third-order valence-corrected chi connectivity index (χ3v) is 5.85. The molecule has 1 atom stereocenters. The average molecular weight is 416 g/mol. The lowest BCUT2D eigenvalue weighted by molar-refractivity contribution is 0.0519. The number of alkyl carbamates (subject to hydrolysis) is 1. The minimum atomic E-state index is -4.03. The van der Waals surface area contributed by atoms with E-state index < -0.39 is 26.9 Å². The second-order valence-electron chi connectivity index (χ2n) is 6.52. The first-order valence-corrected chi connectivity index (χ1v) is 10.0. The highest BCUT2D eigenvalue weighted by atomic mass is 35.5. The molecule has 0 radical (unpaired) electrons. The molecule has 0 fully saturated rings. The van der Waals surface area contributed by atoms with Crippen LogP contribution in [0.5, 0.6) is 0 Å². The van der Waals surface area contributed by atoms with Crippen molar-refractivity contribution in [3.8, 4) is 0 Å². The summed E-state index contributed by atoms with van der Waals surface area (Å²) in [5.41, 5.74) is -0.708. The Labute approximate surface area is 163 Å². The molecule has 140 valence electrons. The standard InChI is InChI=1S/C18H19Cl2NO4S/c1-18(2,3)25-17(22)21-16(15-13(19)10-7-11-14(15)20)26(23,24)12-8-5-4-6-9-12/h4-11,16H,1-3H3,(H,21,22). The second kappa shape index (κ2) is 7.86. The minimum Gasteiger partial charge on any atom is -0.444 e. The molecule has 2 aromatic carbocycles. The van der Waals surface area contributed by atoms with Crippen molar-refractivity contribution in [3.05, 3.63) is 64.1 Å². The zero-order valence-electron chi connectivity index (χ0n) is 14.5. The van der Waals surface area contributed by atoms with Crippen LogP contribution >= 0.6 is 23.2 Å². The number of nitrogens with one attached hydrogen (secondary N) is 1. The van der Waals surface area contributed by atoms with E-state index >= 15 is 0 Å². The van der Waals surface area contributed by atoms with Gasteiger partial charge in [0.25, 0.3) is 0 Å². The average Bonchev–Trinajstić information content (AvgIpc) is 2.52. The van der Waals surface area contributed by atoms with Gasteiger partial charge in [0.2, 0.25) is 9.84 Å². The Kier molecular flexibility index (Phi) is 6.21. The van der Waals surface area contributed by atoms with Crippen molar-refractivity contribution in [2.75, 3.05) is 0 Å². The molecular formula is C18H19Cl2NO4S. The van der Waals surface area contributed by atoms with E-state index in [1.165, 1.54) is 24.3 Å². The SMILES string of the molecule is CC(C)(C)OC(=O)NC(c1c(Cl)cccc1Cl)S(=O)(=O)c1ccccc1. The summed E-state index contributed by atoms with van der Waals surface area (Å²) in [4.78, 5) is 12.3. The maximum absolute atomic E-state index is 13.2. The number of sulfone groups is 1. The first kappa shape index (κ1) is 20.6. The summed E-state index contributed by atoms with van der Waals surface area (Å²) in [7, 11) is -4.03. The number of benzene rings is 2. The molecule has 8 heteroatoms. The molecular weight excluding hydrogens is 397 g/mol. The molecule has 2 rings (SSSR count). The monoisotopic (exact) mass is 415 g/mol. The van der Waals surface area contributed by atoms with Crippen LogP contribution in [-0.4, -0.2) is 20.1 Å². The van der Waals surface area contributed by atoms with Crippen molar-refractivity contribution in [1.82, 2.24) is 5.32 Å². The normalized spacial score (nSPS) is 13.1. The predicted octanol–water partition coefficient (Wildman–Crippen LogP) is 4.99. The van der Waals surface area contributed by atoms with Gasteiger partial charge in [0.05, 0.1) is 4.90 Å². The van der Waals surface area contributed by atoms with Crippen LogP contribution in [0.4, 0.5) is 4.79 Å². The maximum Gasteiger partial charge on any atom is 0.408 e. The number of carbonyl (C=O) groups excluding carboxylic acids is 1. The topological polar surface area (TPSA) is 72.5 Å². The lowest BCUT2D eigenvalue weighted by Crippen LogP contribution is -2.38. The number of hydrogen-bond acceptors (Lipinski definition) is 4. The van der Waals surface area contributed by atoms with Crippen molar-refractivity contribution in [1.29, 1.82) is 0 Å². The van der Waals surface area contributed by atoms with Crippen LogP contribution in [0.2, 0.25) is 10.0 Å². The summed E-state index contributed by atoms with van der Waals surface area (Å²) in [6.45, 7) is 5.03. The zero-order valence-corrected chi connectivity index (χ0v) is 16.8. The van der Waals surface area contributed by atoms with E-state index in [4.69, 9.17) is 27.9 Å². The fourth-order valence-electron chi connectivity index (χ4n) is 2.23. The highest BCUT2D eigenvalue weighted by Gasteiger charge is 2.35. The summed E-state index contributed by atoms with van der Waals surface area (Å²) in [5.74, 6) is 0. The Balaban J connectivity index is 2.55. The smallest absolute Gasteiger partial charge is 0.408 e. The number of rotatable bonds is 4. The van der Waals surface area contributed by atoms with E-state index in [-0.39, 0.29) is 20.5 Å². The first-order chi connectivity index (χ1) is 12.0. The molecule has 5 nitrogen and oxygen atoms in total. The van der Waals surface area contributed by atoms with Gasteiger partial charge in [-0.05, 0) is 45.0 Å². The van der Waals surface area contributed by atoms with Gasteiger partial charge in [-0.3, -0.25) is 0 Å². The van der Waals surface area contributed by atoms with Crippen LogP contribution in [-0.2, 0) is 14.6 Å². The van der Waals surface area contributed by atoms with Crippen LogP contribution in [0.25, 0.3) is 0 Å². The number of hydrogen-bond donors (Lipinski definition) is 1. The van der Waals surface area contributed by atoms with Crippen LogP contribution < -0.4 is 5.32 Å². The van der Waals surface area contributed by atoms with Crippen LogP contribution in [0.3, 0.4) is 0 Å². The lowest BCUT2D eigenvalue weighted by atomic mass is 10.2. The van der Waals surface area contributed by atoms with Gasteiger partial charge in [0.15, 0.2) is 5.37 Å². The Hall–Kier alpha value is -1.76. The first-order valence-electron chi connectivity index (χ1n) is 7.75. The van der Waals surface area contributed by atoms with Crippen LogP contribution in [0, 0.1) is 0 Å². The Morgan fingerprint density at radius 3 is 2.04 bits per heavy atom. The molecule has 0 saturated heterocycles. The molecule has 1 amide bonds. The molecule has 2 aromatic rings. The maximum atomic E-state index is 13.2. The van der Waals surface area contributed by atoms with Gasteiger partial charge < -0.3 is 10.1 Å². The van der Waals surface area contributed by atoms with E-state index in [2.05, 4.69) is 5.32 Å². The number of carbonyl (C=O) groups is 1. The molecule has 0 bridgehead atoms. The summed E-state index contributed by atoms with van der Waals surface area (Å²) < 4.78 is 31.5.